The Balaban J connectivity index is 3.70. The fourth-order valence-corrected chi connectivity index (χ4v) is 1.56. The minimum atomic E-state index is -0.251. The van der Waals surface area contributed by atoms with Crippen LogP contribution in [0, 0.1) is 10.8 Å². The Morgan fingerprint density at radius 2 is 1.83 bits per heavy atom. The monoisotopic (exact) mass is 259 g/mol. The van der Waals surface area contributed by atoms with Crippen LogP contribution in [0.1, 0.15) is 47.0 Å². The molecular weight excluding hydrogens is 230 g/mol. The molecule has 0 rings (SSSR count). The lowest BCUT2D eigenvalue weighted by Crippen LogP contribution is -2.33. The highest BCUT2D eigenvalue weighted by Crippen LogP contribution is 2.23. The van der Waals surface area contributed by atoms with E-state index in [1.165, 1.54) is 0 Å². The van der Waals surface area contributed by atoms with Crippen LogP contribution < -0.4 is 11.1 Å². The molecule has 0 radical (unpaired) electrons. The van der Waals surface area contributed by atoms with Gasteiger partial charge in [-0.15, -0.1) is 0 Å². The van der Waals surface area contributed by atoms with Crippen LogP contribution in [-0.4, -0.2) is 35.8 Å². The topological polar surface area (TPSA) is 90.9 Å². The first-order valence-electron chi connectivity index (χ1n) is 6.55. The molecular formula is C13H29N3O2. The Kier molecular flexibility index (Phi) is 7.25. The lowest BCUT2D eigenvalue weighted by Gasteiger charge is -2.23. The quantitative estimate of drug-likeness (QED) is 0.166. The second kappa shape index (κ2) is 7.59. The molecule has 0 aliphatic carbocycles. The molecule has 0 spiro atoms. The maximum Gasteiger partial charge on any atom is 0.144 e. The third kappa shape index (κ3) is 6.81. The standard InChI is InChI=1S/C13H29N3O2/c1-12(2,10-17)9-15-8-6-5-7-13(3,4)11(14)16-18/h15,17-18H,5-10H2,1-4H3,(H2,14,16). The van der Waals surface area contributed by atoms with Gasteiger partial charge in [-0.05, 0) is 19.4 Å². The van der Waals surface area contributed by atoms with Gasteiger partial charge in [0.2, 0.25) is 0 Å². The van der Waals surface area contributed by atoms with Gasteiger partial charge < -0.3 is 21.4 Å². The van der Waals surface area contributed by atoms with Crippen LogP contribution >= 0.6 is 0 Å². The molecule has 108 valence electrons. The molecule has 0 heterocycles. The summed E-state index contributed by atoms with van der Waals surface area (Å²) in [5.74, 6) is 0.289. The zero-order valence-corrected chi connectivity index (χ0v) is 12.2. The molecule has 5 heteroatoms. The summed E-state index contributed by atoms with van der Waals surface area (Å²) in [5.41, 5.74) is 5.31. The van der Waals surface area contributed by atoms with E-state index in [-0.39, 0.29) is 23.3 Å². The number of unbranched alkanes of at least 4 members (excludes halogenated alkanes) is 1. The summed E-state index contributed by atoms with van der Waals surface area (Å²) in [6.45, 7) is 9.94. The number of aliphatic hydroxyl groups is 1. The highest BCUT2D eigenvalue weighted by molar-refractivity contribution is 5.85. The number of nitrogens with one attached hydrogen (secondary N) is 1. The Morgan fingerprint density at radius 1 is 1.22 bits per heavy atom. The second-order valence-electron chi connectivity index (χ2n) is 6.33. The summed E-state index contributed by atoms with van der Waals surface area (Å²) in [6, 6.07) is 0. The molecule has 0 unspecified atom stereocenters. The SMILES string of the molecule is CC(C)(CO)CNCCCCC(C)(C)C(N)=NO. The number of nitrogens with zero attached hydrogens (tertiary/aromatic N) is 1. The Morgan fingerprint density at radius 3 is 2.33 bits per heavy atom. The molecule has 0 fully saturated rings. The van der Waals surface area contributed by atoms with Crippen molar-refractivity contribution < 1.29 is 10.3 Å². The zero-order chi connectivity index (χ0) is 14.2. The van der Waals surface area contributed by atoms with E-state index in [9.17, 15) is 0 Å². The number of hydrogen-bond acceptors (Lipinski definition) is 4. The Labute approximate surface area is 110 Å². The molecule has 0 amide bonds. The van der Waals surface area contributed by atoms with Gasteiger partial charge in [-0.1, -0.05) is 39.3 Å². The largest absolute Gasteiger partial charge is 0.409 e. The van der Waals surface area contributed by atoms with E-state index in [2.05, 4.69) is 10.5 Å². The van der Waals surface area contributed by atoms with Crippen molar-refractivity contribution in [1.29, 1.82) is 0 Å². The van der Waals surface area contributed by atoms with Gasteiger partial charge in [0.25, 0.3) is 0 Å². The van der Waals surface area contributed by atoms with Crippen molar-refractivity contribution >= 4 is 5.84 Å². The first-order valence-corrected chi connectivity index (χ1v) is 6.55. The summed E-state index contributed by atoms with van der Waals surface area (Å²) in [6.07, 6.45) is 2.97. The fraction of sp³-hybridized carbons (Fsp3) is 0.923. The zero-order valence-electron chi connectivity index (χ0n) is 12.2. The highest BCUT2D eigenvalue weighted by Gasteiger charge is 2.22. The molecule has 0 aromatic carbocycles. The van der Waals surface area contributed by atoms with E-state index in [0.29, 0.717) is 0 Å². The summed E-state index contributed by atoms with van der Waals surface area (Å²) in [5, 5.41) is 24.2. The fourth-order valence-electron chi connectivity index (χ4n) is 1.56. The summed E-state index contributed by atoms with van der Waals surface area (Å²) < 4.78 is 0. The van der Waals surface area contributed by atoms with E-state index in [1.54, 1.807) is 0 Å². The van der Waals surface area contributed by atoms with Crippen molar-refractivity contribution in [1.82, 2.24) is 5.32 Å². The van der Waals surface area contributed by atoms with E-state index in [0.717, 1.165) is 32.4 Å². The van der Waals surface area contributed by atoms with Crippen molar-refractivity contribution in [2.24, 2.45) is 21.7 Å². The van der Waals surface area contributed by atoms with Crippen molar-refractivity contribution in [2.45, 2.75) is 47.0 Å². The van der Waals surface area contributed by atoms with Crippen LogP contribution in [0.25, 0.3) is 0 Å². The van der Waals surface area contributed by atoms with E-state index >= 15 is 0 Å². The molecule has 0 saturated heterocycles. The van der Waals surface area contributed by atoms with Gasteiger partial charge in [0, 0.05) is 24.0 Å². The maximum absolute atomic E-state index is 9.10. The molecule has 0 aliphatic rings. The van der Waals surface area contributed by atoms with E-state index < -0.39 is 0 Å². The Hall–Kier alpha value is -0.810. The van der Waals surface area contributed by atoms with Crippen LogP contribution in [0.4, 0.5) is 0 Å². The van der Waals surface area contributed by atoms with Crippen molar-refractivity contribution in [3.05, 3.63) is 0 Å². The lowest BCUT2D eigenvalue weighted by atomic mass is 9.86. The number of hydrogen-bond donors (Lipinski definition) is 4. The predicted molar refractivity (Wildman–Crippen MR) is 74.8 cm³/mol. The van der Waals surface area contributed by atoms with Crippen molar-refractivity contribution in [2.75, 3.05) is 19.7 Å². The smallest absolute Gasteiger partial charge is 0.144 e. The summed E-state index contributed by atoms with van der Waals surface area (Å²) in [7, 11) is 0. The van der Waals surface area contributed by atoms with Gasteiger partial charge in [0.1, 0.15) is 5.84 Å². The second-order valence-corrected chi connectivity index (χ2v) is 6.33. The maximum atomic E-state index is 9.10. The Bertz CT molecular complexity index is 263. The molecule has 5 N–H and O–H groups in total. The number of nitrogens with two attached hydrogens (primary N) is 1. The van der Waals surface area contributed by atoms with Crippen LogP contribution in [-0.2, 0) is 0 Å². The lowest BCUT2D eigenvalue weighted by molar-refractivity contribution is 0.157. The molecule has 0 saturated carbocycles. The van der Waals surface area contributed by atoms with E-state index in [4.69, 9.17) is 16.0 Å². The predicted octanol–water partition coefficient (Wildman–Crippen LogP) is 1.54. The highest BCUT2D eigenvalue weighted by atomic mass is 16.4. The van der Waals surface area contributed by atoms with Gasteiger partial charge >= 0.3 is 0 Å². The van der Waals surface area contributed by atoms with Gasteiger partial charge in [-0.25, -0.2) is 0 Å². The van der Waals surface area contributed by atoms with Gasteiger partial charge in [-0.2, -0.15) is 0 Å². The third-order valence-electron chi connectivity index (χ3n) is 3.24. The van der Waals surface area contributed by atoms with Crippen LogP contribution in [0.3, 0.4) is 0 Å². The van der Waals surface area contributed by atoms with Gasteiger partial charge in [0.15, 0.2) is 0 Å². The number of amidine groups is 1. The van der Waals surface area contributed by atoms with Gasteiger partial charge in [-0.3, -0.25) is 0 Å². The first kappa shape index (κ1) is 17.2. The van der Waals surface area contributed by atoms with Gasteiger partial charge in [0.05, 0.1) is 0 Å². The molecule has 0 bridgehead atoms. The van der Waals surface area contributed by atoms with Crippen LogP contribution in [0.2, 0.25) is 0 Å². The van der Waals surface area contributed by atoms with Crippen LogP contribution in [0.15, 0.2) is 5.16 Å². The average molecular weight is 259 g/mol. The minimum Gasteiger partial charge on any atom is -0.409 e. The molecule has 0 atom stereocenters. The molecule has 5 nitrogen and oxygen atoms in total. The van der Waals surface area contributed by atoms with Crippen molar-refractivity contribution in [3.8, 4) is 0 Å². The number of aliphatic hydroxyl groups excluding tert-OH is 1. The molecule has 0 aromatic rings. The minimum absolute atomic E-state index is 0.0623. The first-order chi connectivity index (χ1) is 8.25. The summed E-state index contributed by atoms with van der Waals surface area (Å²) in [4.78, 5) is 0. The molecule has 18 heavy (non-hydrogen) atoms. The van der Waals surface area contributed by atoms with Crippen molar-refractivity contribution in [3.63, 3.8) is 0 Å². The normalized spacial score (nSPS) is 13.9. The number of oxime groups is 1. The molecule has 0 aliphatic heterocycles. The summed E-state index contributed by atoms with van der Waals surface area (Å²) >= 11 is 0. The number of rotatable bonds is 9. The van der Waals surface area contributed by atoms with E-state index in [1.807, 2.05) is 27.7 Å². The average Bonchev–Trinajstić information content (AvgIpc) is 2.32. The molecule has 0 aromatic heterocycles. The third-order valence-corrected chi connectivity index (χ3v) is 3.24. The van der Waals surface area contributed by atoms with Crippen LogP contribution in [0.5, 0.6) is 0 Å².